The van der Waals surface area contributed by atoms with Gasteiger partial charge >= 0.3 is 0 Å². The topological polar surface area (TPSA) is 73.2 Å². The number of ketones is 1. The zero-order valence-electron chi connectivity index (χ0n) is 16.7. The van der Waals surface area contributed by atoms with Crippen LogP contribution in [-0.4, -0.2) is 28.6 Å². The number of hydrogen-bond donors (Lipinski definition) is 1. The van der Waals surface area contributed by atoms with Crippen LogP contribution in [0.3, 0.4) is 0 Å². The van der Waals surface area contributed by atoms with Crippen LogP contribution >= 0.6 is 0 Å². The van der Waals surface area contributed by atoms with Gasteiger partial charge in [-0.3, -0.25) is 9.59 Å². The van der Waals surface area contributed by atoms with Gasteiger partial charge in [-0.1, -0.05) is 19.1 Å². The molecule has 0 saturated heterocycles. The summed E-state index contributed by atoms with van der Waals surface area (Å²) in [5.74, 6) is 0.434. The van der Waals surface area contributed by atoms with E-state index >= 15 is 0 Å². The number of nitrogens with zero attached hydrogens (tertiary/aromatic N) is 2. The van der Waals surface area contributed by atoms with E-state index in [-0.39, 0.29) is 18.1 Å². The van der Waals surface area contributed by atoms with Crippen molar-refractivity contribution in [3.8, 4) is 11.4 Å². The van der Waals surface area contributed by atoms with E-state index in [4.69, 9.17) is 4.74 Å². The summed E-state index contributed by atoms with van der Waals surface area (Å²) in [6.07, 6.45) is 1.01. The predicted molar refractivity (Wildman–Crippen MR) is 111 cm³/mol. The molecule has 1 amide bonds. The molecule has 1 aliphatic rings. The summed E-state index contributed by atoms with van der Waals surface area (Å²) in [7, 11) is 1.58. The summed E-state index contributed by atoms with van der Waals surface area (Å²) < 4.78 is 6.90. The first-order valence-electron chi connectivity index (χ1n) is 9.68. The Hall–Kier alpha value is -3.41. The lowest BCUT2D eigenvalue weighted by Crippen LogP contribution is -2.28. The lowest BCUT2D eigenvalue weighted by molar-refractivity contribution is -0.116. The van der Waals surface area contributed by atoms with E-state index in [0.717, 1.165) is 23.4 Å². The minimum atomic E-state index is -0.560. The zero-order chi connectivity index (χ0) is 20.5. The molecular weight excluding hydrogens is 366 g/mol. The third kappa shape index (κ3) is 3.42. The largest absolute Gasteiger partial charge is 0.497 e. The van der Waals surface area contributed by atoms with E-state index in [2.05, 4.69) is 23.4 Å². The van der Waals surface area contributed by atoms with Crippen LogP contribution in [0, 0.1) is 6.92 Å². The predicted octanol–water partition coefficient (Wildman–Crippen LogP) is 4.06. The number of benzene rings is 2. The number of methoxy groups -OCH3 is 1. The highest BCUT2D eigenvalue weighted by atomic mass is 16.5. The number of aromatic nitrogens is 2. The van der Waals surface area contributed by atoms with Gasteiger partial charge in [0, 0.05) is 17.5 Å². The molecule has 0 radical (unpaired) electrons. The van der Waals surface area contributed by atoms with E-state index in [1.807, 2.05) is 25.1 Å². The number of carbonyl (C=O) groups excluding carboxylic acids is 2. The molecule has 0 spiro atoms. The second-order valence-corrected chi connectivity index (χ2v) is 7.18. The molecule has 2 heterocycles. The summed E-state index contributed by atoms with van der Waals surface area (Å²) >= 11 is 0. The Bertz CT molecular complexity index is 1080. The lowest BCUT2D eigenvalue weighted by atomic mass is 9.85. The van der Waals surface area contributed by atoms with E-state index in [0.29, 0.717) is 17.1 Å². The van der Waals surface area contributed by atoms with Crippen molar-refractivity contribution < 1.29 is 14.3 Å². The van der Waals surface area contributed by atoms with Gasteiger partial charge in [0.2, 0.25) is 5.91 Å². The van der Waals surface area contributed by atoms with Crippen molar-refractivity contribution in [1.29, 1.82) is 0 Å². The smallest absolute Gasteiger partial charge is 0.226 e. The van der Waals surface area contributed by atoms with Crippen molar-refractivity contribution >= 4 is 17.5 Å². The Morgan fingerprint density at radius 2 is 2.00 bits per heavy atom. The van der Waals surface area contributed by atoms with Crippen molar-refractivity contribution in [3.05, 3.63) is 70.9 Å². The van der Waals surface area contributed by atoms with Gasteiger partial charge in [-0.05, 0) is 55.3 Å². The molecule has 0 saturated carbocycles. The quantitative estimate of drug-likeness (QED) is 0.668. The van der Waals surface area contributed by atoms with Crippen LogP contribution in [0.1, 0.15) is 46.4 Å². The highest BCUT2D eigenvalue weighted by molar-refractivity contribution is 6.08. The van der Waals surface area contributed by atoms with Crippen molar-refractivity contribution in [1.82, 2.24) is 9.78 Å². The number of carbonyl (C=O) groups is 2. The Labute approximate surface area is 169 Å². The number of aryl methyl sites for hydroxylation is 2. The normalized spacial score (nSPS) is 15.6. The molecule has 2 aromatic carbocycles. The van der Waals surface area contributed by atoms with E-state index in [9.17, 15) is 9.59 Å². The zero-order valence-corrected chi connectivity index (χ0v) is 16.7. The van der Waals surface area contributed by atoms with Gasteiger partial charge in [0.1, 0.15) is 11.6 Å². The summed E-state index contributed by atoms with van der Waals surface area (Å²) in [6.45, 7) is 3.97. The van der Waals surface area contributed by atoms with Crippen molar-refractivity contribution in [2.75, 3.05) is 12.4 Å². The van der Waals surface area contributed by atoms with Crippen molar-refractivity contribution in [2.24, 2.45) is 0 Å². The van der Waals surface area contributed by atoms with E-state index in [1.54, 1.807) is 36.1 Å². The molecule has 1 aromatic heterocycles. The molecule has 0 aliphatic carbocycles. The fourth-order valence-electron chi connectivity index (χ4n) is 3.82. The fraction of sp³-hybridized carbons (Fsp3) is 0.261. The number of Topliss-reactive ketones (excluding diaryl/α,β-unsaturated/α-hetero) is 1. The van der Waals surface area contributed by atoms with Gasteiger partial charge < -0.3 is 10.1 Å². The monoisotopic (exact) mass is 389 g/mol. The third-order valence-corrected chi connectivity index (χ3v) is 5.36. The molecule has 3 aromatic rings. The van der Waals surface area contributed by atoms with Crippen molar-refractivity contribution in [3.63, 3.8) is 0 Å². The molecule has 6 heteroatoms. The molecule has 1 N–H and O–H groups in total. The fourth-order valence-corrected chi connectivity index (χ4v) is 3.82. The second-order valence-electron chi connectivity index (χ2n) is 7.18. The van der Waals surface area contributed by atoms with Crippen LogP contribution in [-0.2, 0) is 11.2 Å². The standard InChI is InChI=1S/C23H23N3O3/c1-4-15-6-5-7-17(12-15)26-23-21(14(2)25-26)19(13-20(27)24-23)22(28)16-8-10-18(29-3)11-9-16/h5-12,19H,4,13H2,1-3H3,(H,24,27)/t19-/m1/s1. The molecule has 148 valence electrons. The van der Waals surface area contributed by atoms with E-state index in [1.165, 1.54) is 5.56 Å². The van der Waals surface area contributed by atoms with Crippen molar-refractivity contribution in [2.45, 2.75) is 32.6 Å². The minimum absolute atomic E-state index is 0.0892. The maximum atomic E-state index is 13.2. The number of hydrogen-bond acceptors (Lipinski definition) is 4. The SMILES string of the molecule is CCc1cccc(-n2nc(C)c3c2NC(=O)C[C@H]3C(=O)c2ccc(OC)cc2)c1. The number of rotatable bonds is 5. The highest BCUT2D eigenvalue weighted by Gasteiger charge is 2.36. The average molecular weight is 389 g/mol. The molecule has 0 fully saturated rings. The van der Waals surface area contributed by atoms with Gasteiger partial charge in [-0.15, -0.1) is 0 Å². The van der Waals surface area contributed by atoms with Crippen LogP contribution in [0.2, 0.25) is 0 Å². The van der Waals surface area contributed by atoms with Crippen LogP contribution in [0.4, 0.5) is 5.82 Å². The molecule has 1 atom stereocenters. The first-order valence-corrected chi connectivity index (χ1v) is 9.68. The average Bonchev–Trinajstić information content (AvgIpc) is 3.09. The third-order valence-electron chi connectivity index (χ3n) is 5.36. The molecule has 4 rings (SSSR count). The van der Waals surface area contributed by atoms with Gasteiger partial charge in [0.05, 0.1) is 24.4 Å². The Morgan fingerprint density at radius 1 is 1.24 bits per heavy atom. The first kappa shape index (κ1) is 18.9. The number of ether oxygens (including phenoxy) is 1. The van der Waals surface area contributed by atoms with Gasteiger partial charge in [0.15, 0.2) is 5.78 Å². The highest BCUT2D eigenvalue weighted by Crippen LogP contribution is 2.38. The van der Waals surface area contributed by atoms with Gasteiger partial charge in [-0.25, -0.2) is 4.68 Å². The first-order chi connectivity index (χ1) is 14.0. The maximum Gasteiger partial charge on any atom is 0.226 e. The Morgan fingerprint density at radius 3 is 2.69 bits per heavy atom. The van der Waals surface area contributed by atoms with Crippen LogP contribution in [0.15, 0.2) is 48.5 Å². The minimum Gasteiger partial charge on any atom is -0.497 e. The van der Waals surface area contributed by atoms with E-state index < -0.39 is 5.92 Å². The number of nitrogens with one attached hydrogen (secondary N) is 1. The van der Waals surface area contributed by atoms with Gasteiger partial charge in [0.25, 0.3) is 0 Å². The molecule has 0 bridgehead atoms. The molecular formula is C23H23N3O3. The Kier molecular flexibility index (Phi) is 4.92. The number of fused-ring (bicyclic) bond motifs is 1. The van der Waals surface area contributed by atoms with Crippen LogP contribution in [0.5, 0.6) is 5.75 Å². The molecule has 6 nitrogen and oxygen atoms in total. The number of amides is 1. The molecule has 1 aliphatic heterocycles. The summed E-state index contributed by atoms with van der Waals surface area (Å²) in [5.41, 5.74) is 4.13. The maximum absolute atomic E-state index is 13.2. The van der Waals surface area contributed by atoms with Gasteiger partial charge in [-0.2, -0.15) is 5.10 Å². The number of anilines is 1. The Balaban J connectivity index is 1.78. The molecule has 0 unspecified atom stereocenters. The van der Waals surface area contributed by atoms with Crippen LogP contribution in [0.25, 0.3) is 5.69 Å². The summed E-state index contributed by atoms with van der Waals surface area (Å²) in [4.78, 5) is 25.7. The second kappa shape index (κ2) is 7.54. The summed E-state index contributed by atoms with van der Waals surface area (Å²) in [6, 6.07) is 15.0. The molecule has 29 heavy (non-hydrogen) atoms. The van der Waals surface area contributed by atoms with Crippen LogP contribution < -0.4 is 10.1 Å². The lowest BCUT2D eigenvalue weighted by Gasteiger charge is -2.23. The summed E-state index contributed by atoms with van der Waals surface area (Å²) in [5, 5.41) is 7.58.